The Morgan fingerprint density at radius 2 is 2.05 bits per heavy atom. The maximum Gasteiger partial charge on any atom is 0.0499 e. The molecule has 1 aliphatic heterocycles. The van der Waals surface area contributed by atoms with Crippen LogP contribution in [0.15, 0.2) is 28.7 Å². The van der Waals surface area contributed by atoms with Gasteiger partial charge in [0.15, 0.2) is 0 Å². The van der Waals surface area contributed by atoms with Gasteiger partial charge in [0.1, 0.15) is 0 Å². The van der Waals surface area contributed by atoms with Gasteiger partial charge in [-0.1, -0.05) is 34.5 Å². The third kappa shape index (κ3) is 3.82. The maximum absolute atomic E-state index is 9.30. The molecule has 1 heterocycles. The Balaban J connectivity index is 2.24. The minimum Gasteiger partial charge on any atom is -0.396 e. The molecule has 0 saturated carbocycles. The first-order valence-corrected chi connectivity index (χ1v) is 8.30. The zero-order chi connectivity index (χ0) is 14.5. The van der Waals surface area contributed by atoms with Crippen LogP contribution in [-0.4, -0.2) is 35.2 Å². The van der Waals surface area contributed by atoms with Crippen LogP contribution in [-0.2, 0) is 0 Å². The van der Waals surface area contributed by atoms with E-state index in [1.54, 1.807) is 0 Å². The predicted octanol–water partition coefficient (Wildman–Crippen LogP) is 3.07. The number of nitrogens with two attached hydrogens (primary N) is 1. The van der Waals surface area contributed by atoms with Crippen LogP contribution in [0.4, 0.5) is 0 Å². The van der Waals surface area contributed by atoms with Gasteiger partial charge in [-0.15, -0.1) is 0 Å². The molecule has 4 heteroatoms. The first-order valence-electron chi connectivity index (χ1n) is 7.51. The summed E-state index contributed by atoms with van der Waals surface area (Å²) in [4.78, 5) is 2.51. The molecule has 3 atom stereocenters. The molecule has 1 aliphatic rings. The highest BCUT2D eigenvalue weighted by Gasteiger charge is 2.31. The van der Waals surface area contributed by atoms with Gasteiger partial charge in [0.25, 0.3) is 0 Å². The molecule has 1 aromatic carbocycles. The van der Waals surface area contributed by atoms with Crippen LogP contribution < -0.4 is 5.73 Å². The second-order valence-corrected chi connectivity index (χ2v) is 6.67. The average molecular weight is 341 g/mol. The Morgan fingerprint density at radius 1 is 1.35 bits per heavy atom. The number of likely N-dealkylation sites (tertiary alicyclic amines) is 1. The minimum atomic E-state index is 0.0791. The summed E-state index contributed by atoms with van der Waals surface area (Å²) < 4.78 is 1.09. The summed E-state index contributed by atoms with van der Waals surface area (Å²) in [5, 5.41) is 9.30. The number of hydrogen-bond donors (Lipinski definition) is 2. The van der Waals surface area contributed by atoms with E-state index in [4.69, 9.17) is 5.73 Å². The van der Waals surface area contributed by atoms with Crippen LogP contribution in [0.2, 0.25) is 0 Å². The third-order valence-electron chi connectivity index (χ3n) is 4.20. The van der Waals surface area contributed by atoms with Gasteiger partial charge in [-0.05, 0) is 50.4 Å². The molecule has 0 amide bonds. The third-order valence-corrected chi connectivity index (χ3v) is 4.73. The van der Waals surface area contributed by atoms with Crippen molar-refractivity contribution in [1.82, 2.24) is 4.90 Å². The standard InChI is InChI=1S/C16H25BrN2O/c1-12(18)16(13-5-7-14(17)8-6-13)19-10-3-2-4-15(19)9-11-20/h5-8,12,15-16,20H,2-4,9-11,18H2,1H3. The molecule has 0 bridgehead atoms. The van der Waals surface area contributed by atoms with E-state index < -0.39 is 0 Å². The summed E-state index contributed by atoms with van der Waals surface area (Å²) in [7, 11) is 0. The molecule has 20 heavy (non-hydrogen) atoms. The lowest BCUT2D eigenvalue weighted by Crippen LogP contribution is -2.48. The Hall–Kier alpha value is -0.420. The summed E-state index contributed by atoms with van der Waals surface area (Å²) in [6, 6.07) is 9.24. The normalized spacial score (nSPS) is 23.5. The van der Waals surface area contributed by atoms with E-state index in [1.165, 1.54) is 24.8 Å². The largest absolute Gasteiger partial charge is 0.396 e. The van der Waals surface area contributed by atoms with Crippen molar-refractivity contribution in [2.24, 2.45) is 5.73 Å². The van der Waals surface area contributed by atoms with E-state index in [2.05, 4.69) is 52.0 Å². The highest BCUT2D eigenvalue weighted by atomic mass is 79.9. The molecule has 0 aliphatic carbocycles. The molecule has 1 saturated heterocycles. The molecular weight excluding hydrogens is 316 g/mol. The molecule has 3 nitrogen and oxygen atoms in total. The van der Waals surface area contributed by atoms with Crippen LogP contribution >= 0.6 is 15.9 Å². The maximum atomic E-state index is 9.30. The smallest absolute Gasteiger partial charge is 0.0499 e. The summed E-state index contributed by atoms with van der Waals surface area (Å²) in [5.41, 5.74) is 7.55. The fourth-order valence-electron chi connectivity index (χ4n) is 3.31. The van der Waals surface area contributed by atoms with Crippen molar-refractivity contribution in [2.75, 3.05) is 13.2 Å². The van der Waals surface area contributed by atoms with Crippen molar-refractivity contribution in [3.8, 4) is 0 Å². The molecule has 3 unspecified atom stereocenters. The van der Waals surface area contributed by atoms with Crippen molar-refractivity contribution < 1.29 is 5.11 Å². The zero-order valence-corrected chi connectivity index (χ0v) is 13.7. The van der Waals surface area contributed by atoms with Gasteiger partial charge in [0.2, 0.25) is 0 Å². The lowest BCUT2D eigenvalue weighted by atomic mass is 9.91. The summed E-state index contributed by atoms with van der Waals surface area (Å²) >= 11 is 3.49. The van der Waals surface area contributed by atoms with Crippen LogP contribution in [0, 0.1) is 0 Å². The summed E-state index contributed by atoms with van der Waals surface area (Å²) in [6.45, 7) is 3.41. The van der Waals surface area contributed by atoms with Crippen molar-refractivity contribution in [2.45, 2.75) is 50.7 Å². The number of nitrogens with zero attached hydrogens (tertiary/aromatic N) is 1. The van der Waals surface area contributed by atoms with Crippen LogP contribution in [0.1, 0.15) is 44.2 Å². The fraction of sp³-hybridized carbons (Fsp3) is 0.625. The van der Waals surface area contributed by atoms with E-state index in [1.807, 2.05) is 0 Å². The van der Waals surface area contributed by atoms with Crippen LogP contribution in [0.3, 0.4) is 0 Å². The number of rotatable bonds is 5. The van der Waals surface area contributed by atoms with Crippen molar-refractivity contribution in [3.63, 3.8) is 0 Å². The van der Waals surface area contributed by atoms with Gasteiger partial charge >= 0.3 is 0 Å². The summed E-state index contributed by atoms with van der Waals surface area (Å²) in [5.74, 6) is 0. The van der Waals surface area contributed by atoms with Gasteiger partial charge in [-0.2, -0.15) is 0 Å². The van der Waals surface area contributed by atoms with Crippen molar-refractivity contribution in [3.05, 3.63) is 34.3 Å². The molecule has 0 aromatic heterocycles. The average Bonchev–Trinajstić information content (AvgIpc) is 2.43. The Bertz CT molecular complexity index is 405. The topological polar surface area (TPSA) is 49.5 Å². The number of halogens is 1. The van der Waals surface area contributed by atoms with Gasteiger partial charge in [0, 0.05) is 29.2 Å². The molecule has 3 N–H and O–H groups in total. The Labute approximate surface area is 130 Å². The Kier molecular flexibility index (Phi) is 6.02. The molecule has 1 fully saturated rings. The fourth-order valence-corrected chi connectivity index (χ4v) is 3.57. The number of aliphatic hydroxyl groups excluding tert-OH is 1. The van der Waals surface area contributed by atoms with Gasteiger partial charge in [-0.25, -0.2) is 0 Å². The van der Waals surface area contributed by atoms with E-state index >= 15 is 0 Å². The van der Waals surface area contributed by atoms with Crippen LogP contribution in [0.25, 0.3) is 0 Å². The second kappa shape index (κ2) is 7.55. The van der Waals surface area contributed by atoms with Gasteiger partial charge < -0.3 is 10.8 Å². The van der Waals surface area contributed by atoms with Crippen molar-refractivity contribution >= 4 is 15.9 Å². The van der Waals surface area contributed by atoms with Gasteiger partial charge in [-0.3, -0.25) is 4.90 Å². The molecule has 112 valence electrons. The monoisotopic (exact) mass is 340 g/mol. The second-order valence-electron chi connectivity index (χ2n) is 5.76. The molecule has 2 rings (SSSR count). The number of piperidine rings is 1. The van der Waals surface area contributed by atoms with Crippen LogP contribution in [0.5, 0.6) is 0 Å². The SMILES string of the molecule is CC(N)C(c1ccc(Br)cc1)N1CCCCC1CCO. The predicted molar refractivity (Wildman–Crippen MR) is 86.6 cm³/mol. The first-order chi connectivity index (χ1) is 9.63. The van der Waals surface area contributed by atoms with Gasteiger partial charge in [0.05, 0.1) is 0 Å². The lowest BCUT2D eigenvalue weighted by molar-refractivity contribution is 0.0652. The first kappa shape index (κ1) is 16.0. The highest BCUT2D eigenvalue weighted by molar-refractivity contribution is 9.10. The number of aliphatic hydroxyl groups is 1. The summed E-state index contributed by atoms with van der Waals surface area (Å²) in [6.07, 6.45) is 4.49. The van der Waals surface area contributed by atoms with E-state index in [-0.39, 0.29) is 18.7 Å². The van der Waals surface area contributed by atoms with Crippen molar-refractivity contribution in [1.29, 1.82) is 0 Å². The lowest BCUT2D eigenvalue weighted by Gasteiger charge is -2.43. The zero-order valence-electron chi connectivity index (χ0n) is 12.1. The Morgan fingerprint density at radius 3 is 2.65 bits per heavy atom. The molecule has 0 spiro atoms. The number of hydrogen-bond acceptors (Lipinski definition) is 3. The quantitative estimate of drug-likeness (QED) is 0.865. The number of benzene rings is 1. The minimum absolute atomic E-state index is 0.0791. The van der Waals surface area contributed by atoms with E-state index in [0.29, 0.717) is 6.04 Å². The molecule has 1 aromatic rings. The molecular formula is C16H25BrN2O. The highest BCUT2D eigenvalue weighted by Crippen LogP contribution is 2.32. The van der Waals surface area contributed by atoms with E-state index in [0.717, 1.165) is 17.4 Å². The van der Waals surface area contributed by atoms with E-state index in [9.17, 15) is 5.11 Å². The molecule has 0 radical (unpaired) electrons.